The number of fused-ring (bicyclic) bond motifs is 6. The monoisotopic (exact) mass is 452 g/mol. The third-order valence-electron chi connectivity index (χ3n) is 7.48. The number of rotatable bonds is 4. The van der Waals surface area contributed by atoms with Crippen LogP contribution in [0.3, 0.4) is 0 Å². The predicted molar refractivity (Wildman–Crippen MR) is 134 cm³/mol. The van der Waals surface area contributed by atoms with Gasteiger partial charge in [-0.05, 0) is 17.7 Å². The summed E-state index contributed by atoms with van der Waals surface area (Å²) in [6, 6.07) is 34.3. The highest BCUT2D eigenvalue weighted by atomic mass is 16.1. The van der Waals surface area contributed by atoms with Crippen molar-refractivity contribution in [3.8, 4) is 11.3 Å². The van der Waals surface area contributed by atoms with Crippen LogP contribution in [0.2, 0.25) is 0 Å². The van der Waals surface area contributed by atoms with Gasteiger partial charge in [-0.2, -0.15) is 0 Å². The lowest BCUT2D eigenvalue weighted by Crippen LogP contribution is -2.18. The van der Waals surface area contributed by atoms with Crippen molar-refractivity contribution in [2.24, 2.45) is 11.8 Å². The van der Waals surface area contributed by atoms with Crippen LogP contribution < -0.4 is 0 Å². The van der Waals surface area contributed by atoms with E-state index in [-0.39, 0.29) is 11.6 Å². The Balaban J connectivity index is 1.50. The van der Waals surface area contributed by atoms with Crippen molar-refractivity contribution in [2.45, 2.75) is 5.41 Å². The Morgan fingerprint density at radius 1 is 0.571 bits per heavy atom. The van der Waals surface area contributed by atoms with Gasteiger partial charge in [0.05, 0.1) is 27.8 Å². The lowest BCUT2D eigenvalue weighted by Gasteiger charge is -2.14. The van der Waals surface area contributed by atoms with Gasteiger partial charge in [0.2, 0.25) is 0 Å². The Morgan fingerprint density at radius 2 is 1.06 bits per heavy atom. The molecule has 7 rings (SSSR count). The number of Topliss-reactive ketones (excluding diaryl/α,β-unsaturated/α-hetero) is 2. The van der Waals surface area contributed by atoms with E-state index in [9.17, 15) is 9.59 Å². The third-order valence-corrected chi connectivity index (χ3v) is 7.48. The van der Waals surface area contributed by atoms with E-state index in [4.69, 9.17) is 9.97 Å². The van der Waals surface area contributed by atoms with Crippen molar-refractivity contribution in [1.82, 2.24) is 9.97 Å². The highest BCUT2D eigenvalue weighted by Gasteiger charge is 2.76. The number of hydrogen-bond donors (Lipinski definition) is 0. The molecule has 1 fully saturated rings. The average Bonchev–Trinajstić information content (AvgIpc) is 3.55. The van der Waals surface area contributed by atoms with E-state index < -0.39 is 17.3 Å². The van der Waals surface area contributed by atoms with Crippen LogP contribution in [-0.2, 0) is 5.41 Å². The first-order valence-corrected chi connectivity index (χ1v) is 11.8. The molecule has 35 heavy (non-hydrogen) atoms. The molecule has 5 aromatic rings. The van der Waals surface area contributed by atoms with Gasteiger partial charge in [-0.1, -0.05) is 97.1 Å². The van der Waals surface area contributed by atoms with Crippen LogP contribution in [-0.4, -0.2) is 21.5 Å². The number of nitrogens with zero attached hydrogens (tertiary/aromatic N) is 2. The maximum atomic E-state index is 14.0. The van der Waals surface area contributed by atoms with E-state index in [0.717, 1.165) is 33.5 Å². The molecule has 4 heteroatoms. The molecule has 2 aliphatic rings. The van der Waals surface area contributed by atoms with Crippen LogP contribution in [0.4, 0.5) is 0 Å². The fourth-order valence-corrected chi connectivity index (χ4v) is 5.95. The first-order chi connectivity index (χ1) is 17.2. The molecule has 166 valence electrons. The highest BCUT2D eigenvalue weighted by Crippen LogP contribution is 2.70. The summed E-state index contributed by atoms with van der Waals surface area (Å²) in [6.07, 6.45) is 0. The Labute approximate surface area is 202 Å². The van der Waals surface area contributed by atoms with E-state index in [1.54, 1.807) is 0 Å². The SMILES string of the molecule is O=C(c1ccccc1)[C@@H]1[C@@H](C(=O)c2ccccc2)C12c1ccccc1-c1nc3ccccc3nc12. The van der Waals surface area contributed by atoms with Crippen LogP contribution >= 0.6 is 0 Å². The van der Waals surface area contributed by atoms with E-state index in [1.165, 1.54) is 0 Å². The van der Waals surface area contributed by atoms with Gasteiger partial charge in [0.15, 0.2) is 11.6 Å². The molecule has 1 spiro atoms. The Hall–Kier alpha value is -4.44. The molecule has 2 aliphatic carbocycles. The van der Waals surface area contributed by atoms with Crippen molar-refractivity contribution in [3.63, 3.8) is 0 Å². The molecule has 0 saturated heterocycles. The Morgan fingerprint density at radius 3 is 1.66 bits per heavy atom. The minimum atomic E-state index is -0.831. The molecular weight excluding hydrogens is 432 g/mol. The number of carbonyl (C=O) groups excluding carboxylic acids is 2. The van der Waals surface area contributed by atoms with E-state index in [2.05, 4.69) is 0 Å². The highest BCUT2D eigenvalue weighted by molar-refractivity contribution is 6.13. The van der Waals surface area contributed by atoms with Gasteiger partial charge in [-0.15, -0.1) is 0 Å². The molecule has 1 heterocycles. The van der Waals surface area contributed by atoms with Crippen LogP contribution in [0.15, 0.2) is 109 Å². The third kappa shape index (κ3) is 2.68. The van der Waals surface area contributed by atoms with Gasteiger partial charge in [-0.25, -0.2) is 9.97 Å². The van der Waals surface area contributed by atoms with E-state index >= 15 is 0 Å². The number of hydrogen-bond acceptors (Lipinski definition) is 4. The summed E-state index contributed by atoms with van der Waals surface area (Å²) in [5.74, 6) is -1.15. The lowest BCUT2D eigenvalue weighted by molar-refractivity contribution is 0.0906. The van der Waals surface area contributed by atoms with Gasteiger partial charge in [0.25, 0.3) is 0 Å². The molecular formula is C31H20N2O2. The molecule has 0 radical (unpaired) electrons. The summed E-state index contributed by atoms with van der Waals surface area (Å²) in [7, 11) is 0. The minimum absolute atomic E-state index is 0.0301. The molecule has 0 bridgehead atoms. The van der Waals surface area contributed by atoms with Crippen LogP contribution in [0.25, 0.3) is 22.3 Å². The second-order valence-corrected chi connectivity index (χ2v) is 9.24. The molecule has 4 aromatic carbocycles. The Bertz CT molecular complexity index is 1590. The molecule has 2 atom stereocenters. The zero-order chi connectivity index (χ0) is 23.6. The molecule has 0 aliphatic heterocycles. The standard InChI is InChI=1S/C31H20N2O2/c34-28(19-11-3-1-4-12-19)25-26(29(35)20-13-5-2-6-14-20)31(25)22-16-8-7-15-21(22)27-30(31)33-24-18-10-9-17-23(24)32-27/h1-18,25-26H/t25-,26-/m0/s1. The summed E-state index contributed by atoms with van der Waals surface area (Å²) >= 11 is 0. The summed E-state index contributed by atoms with van der Waals surface area (Å²) in [5.41, 5.74) is 5.39. The summed E-state index contributed by atoms with van der Waals surface area (Å²) in [4.78, 5) is 38.0. The maximum absolute atomic E-state index is 14.0. The molecule has 0 N–H and O–H groups in total. The topological polar surface area (TPSA) is 59.9 Å². The summed E-state index contributed by atoms with van der Waals surface area (Å²) in [6.45, 7) is 0. The maximum Gasteiger partial charge on any atom is 0.168 e. The molecule has 1 saturated carbocycles. The number of aromatic nitrogens is 2. The molecule has 0 unspecified atom stereocenters. The number of benzene rings is 4. The van der Waals surface area contributed by atoms with Crippen LogP contribution in [0.5, 0.6) is 0 Å². The Kier molecular flexibility index (Phi) is 4.15. The summed E-state index contributed by atoms with van der Waals surface area (Å²) in [5, 5.41) is 0. The van der Waals surface area contributed by atoms with Gasteiger partial charge < -0.3 is 0 Å². The zero-order valence-corrected chi connectivity index (χ0v) is 18.8. The normalized spacial score (nSPS) is 21.5. The number of para-hydroxylation sites is 2. The smallest absolute Gasteiger partial charge is 0.168 e. The summed E-state index contributed by atoms with van der Waals surface area (Å²) < 4.78 is 0. The first-order valence-electron chi connectivity index (χ1n) is 11.8. The quantitative estimate of drug-likeness (QED) is 0.318. The van der Waals surface area contributed by atoms with Crippen LogP contribution in [0, 0.1) is 11.8 Å². The fraction of sp³-hybridized carbons (Fsp3) is 0.0968. The number of ketones is 2. The fourth-order valence-electron chi connectivity index (χ4n) is 5.95. The predicted octanol–water partition coefficient (Wildman–Crippen LogP) is 5.91. The first kappa shape index (κ1) is 20.0. The molecule has 4 nitrogen and oxygen atoms in total. The van der Waals surface area contributed by atoms with Gasteiger partial charge >= 0.3 is 0 Å². The van der Waals surface area contributed by atoms with Crippen molar-refractivity contribution >= 4 is 22.6 Å². The van der Waals surface area contributed by atoms with Crippen molar-refractivity contribution in [3.05, 3.63) is 132 Å². The molecule has 0 amide bonds. The second-order valence-electron chi connectivity index (χ2n) is 9.24. The van der Waals surface area contributed by atoms with Crippen molar-refractivity contribution in [1.29, 1.82) is 0 Å². The number of carbonyl (C=O) groups is 2. The lowest BCUT2D eigenvalue weighted by atomic mass is 9.89. The zero-order valence-electron chi connectivity index (χ0n) is 18.8. The van der Waals surface area contributed by atoms with E-state index in [1.807, 2.05) is 109 Å². The van der Waals surface area contributed by atoms with Gasteiger partial charge in [0.1, 0.15) is 0 Å². The molecule has 1 aromatic heterocycles. The van der Waals surface area contributed by atoms with E-state index in [0.29, 0.717) is 11.1 Å². The van der Waals surface area contributed by atoms with Gasteiger partial charge in [-0.3, -0.25) is 9.59 Å². The largest absolute Gasteiger partial charge is 0.294 e. The average molecular weight is 453 g/mol. The van der Waals surface area contributed by atoms with Crippen molar-refractivity contribution in [2.75, 3.05) is 0 Å². The second kappa shape index (κ2) is 7.28. The van der Waals surface area contributed by atoms with Crippen LogP contribution in [0.1, 0.15) is 32.0 Å². The van der Waals surface area contributed by atoms with Crippen molar-refractivity contribution < 1.29 is 9.59 Å². The van der Waals surface area contributed by atoms with Gasteiger partial charge in [0, 0.05) is 28.5 Å². The minimum Gasteiger partial charge on any atom is -0.294 e.